The summed E-state index contributed by atoms with van der Waals surface area (Å²) in [5.74, 6) is -0.357. The molecular formula is C28H28FN3O2. The van der Waals surface area contributed by atoms with Crippen LogP contribution < -0.4 is 5.32 Å². The van der Waals surface area contributed by atoms with E-state index in [9.17, 15) is 14.0 Å². The zero-order valence-corrected chi connectivity index (χ0v) is 19.0. The van der Waals surface area contributed by atoms with Crippen molar-refractivity contribution in [3.8, 4) is 0 Å². The number of benzene rings is 3. The molecule has 6 heteroatoms. The van der Waals surface area contributed by atoms with Crippen LogP contribution in [-0.2, 0) is 17.8 Å². The number of rotatable bonds is 5. The summed E-state index contributed by atoms with van der Waals surface area (Å²) in [6, 6.07) is 25.5. The predicted octanol–water partition coefficient (Wildman–Crippen LogP) is 4.00. The van der Waals surface area contributed by atoms with Crippen LogP contribution in [0.2, 0.25) is 0 Å². The summed E-state index contributed by atoms with van der Waals surface area (Å²) in [4.78, 5) is 30.3. The second kappa shape index (κ2) is 9.39. The Labute approximate surface area is 199 Å². The molecule has 5 nitrogen and oxygen atoms in total. The zero-order chi connectivity index (χ0) is 23.5. The van der Waals surface area contributed by atoms with E-state index in [0.717, 1.165) is 11.1 Å². The largest absolute Gasteiger partial charge is 0.338 e. The fourth-order valence-electron chi connectivity index (χ4n) is 5.12. The van der Waals surface area contributed by atoms with Gasteiger partial charge in [-0.1, -0.05) is 60.7 Å². The quantitative estimate of drug-likeness (QED) is 0.630. The van der Waals surface area contributed by atoms with E-state index < -0.39 is 5.66 Å². The maximum Gasteiger partial charge on any atom is 0.253 e. The minimum Gasteiger partial charge on any atom is -0.338 e. The molecule has 0 aliphatic carbocycles. The number of carbonyl (C=O) groups is 2. The average Bonchev–Trinajstić information content (AvgIpc) is 3.11. The van der Waals surface area contributed by atoms with E-state index in [4.69, 9.17) is 0 Å². The van der Waals surface area contributed by atoms with Crippen LogP contribution in [-0.4, -0.2) is 46.4 Å². The lowest BCUT2D eigenvalue weighted by Gasteiger charge is -2.44. The molecule has 0 radical (unpaired) electrons. The maximum atomic E-state index is 13.6. The van der Waals surface area contributed by atoms with Gasteiger partial charge in [0.05, 0.1) is 11.7 Å². The standard InChI is InChI=1S/C28H28FN3O2/c29-24-13-11-23(12-14-24)26(33)31-17-15-28(16-18-31)30-25(19-21-7-3-1-4-8-21)27(34)32(28)20-22-9-5-2-6-10-22/h1-14,25,30H,15-20H2. The summed E-state index contributed by atoms with van der Waals surface area (Å²) < 4.78 is 13.3. The monoisotopic (exact) mass is 457 g/mol. The van der Waals surface area contributed by atoms with E-state index in [1.165, 1.54) is 24.3 Å². The molecule has 3 aromatic rings. The van der Waals surface area contributed by atoms with Crippen LogP contribution in [0.1, 0.15) is 34.3 Å². The van der Waals surface area contributed by atoms with Crippen molar-refractivity contribution in [2.75, 3.05) is 13.1 Å². The van der Waals surface area contributed by atoms with Gasteiger partial charge in [-0.15, -0.1) is 0 Å². The first-order valence-electron chi connectivity index (χ1n) is 11.8. The van der Waals surface area contributed by atoms with Crippen molar-refractivity contribution < 1.29 is 14.0 Å². The van der Waals surface area contributed by atoms with Gasteiger partial charge < -0.3 is 9.80 Å². The van der Waals surface area contributed by atoms with Crippen LogP contribution in [0.5, 0.6) is 0 Å². The fourth-order valence-corrected chi connectivity index (χ4v) is 5.12. The second-order valence-electron chi connectivity index (χ2n) is 9.13. The van der Waals surface area contributed by atoms with Gasteiger partial charge in [0.1, 0.15) is 5.82 Å². The van der Waals surface area contributed by atoms with E-state index in [1.54, 1.807) is 4.90 Å². The molecule has 0 aromatic heterocycles. The number of nitrogens with zero attached hydrogens (tertiary/aromatic N) is 2. The summed E-state index contributed by atoms with van der Waals surface area (Å²) in [6.07, 6.45) is 1.92. The van der Waals surface area contributed by atoms with Crippen molar-refractivity contribution in [2.45, 2.75) is 37.5 Å². The Kier molecular flexibility index (Phi) is 6.16. The first-order chi connectivity index (χ1) is 16.5. The number of amides is 2. The van der Waals surface area contributed by atoms with Crippen LogP contribution in [0.15, 0.2) is 84.9 Å². The molecule has 2 fully saturated rings. The number of nitrogens with one attached hydrogen (secondary N) is 1. The van der Waals surface area contributed by atoms with Gasteiger partial charge in [-0.2, -0.15) is 0 Å². The van der Waals surface area contributed by atoms with E-state index in [1.807, 2.05) is 65.6 Å². The third-order valence-electron chi connectivity index (χ3n) is 6.96. The minimum atomic E-state index is -0.494. The highest BCUT2D eigenvalue weighted by Gasteiger charge is 2.51. The summed E-state index contributed by atoms with van der Waals surface area (Å²) >= 11 is 0. The van der Waals surface area contributed by atoms with Crippen LogP contribution >= 0.6 is 0 Å². The molecule has 3 aromatic carbocycles. The van der Waals surface area contributed by atoms with E-state index in [0.29, 0.717) is 44.5 Å². The summed E-state index contributed by atoms with van der Waals surface area (Å²) in [5.41, 5.74) is 2.19. The summed E-state index contributed by atoms with van der Waals surface area (Å²) in [5, 5.41) is 3.67. The minimum absolute atomic E-state index is 0.102. The lowest BCUT2D eigenvalue weighted by atomic mass is 9.94. The maximum absolute atomic E-state index is 13.6. The second-order valence-corrected chi connectivity index (χ2v) is 9.13. The van der Waals surface area contributed by atoms with Crippen molar-refractivity contribution in [1.82, 2.24) is 15.1 Å². The van der Waals surface area contributed by atoms with Gasteiger partial charge in [-0.05, 0) is 41.8 Å². The first-order valence-corrected chi connectivity index (χ1v) is 11.8. The van der Waals surface area contributed by atoms with Gasteiger partial charge in [-0.3, -0.25) is 14.9 Å². The Balaban J connectivity index is 1.35. The lowest BCUT2D eigenvalue weighted by molar-refractivity contribution is -0.134. The molecule has 1 N–H and O–H groups in total. The van der Waals surface area contributed by atoms with Gasteiger partial charge in [-0.25, -0.2) is 4.39 Å². The molecule has 174 valence electrons. The fraction of sp³-hybridized carbons (Fsp3) is 0.286. The van der Waals surface area contributed by atoms with Crippen LogP contribution in [0.25, 0.3) is 0 Å². The summed E-state index contributed by atoms with van der Waals surface area (Å²) in [7, 11) is 0. The lowest BCUT2D eigenvalue weighted by Crippen LogP contribution is -2.59. The number of halogens is 1. The van der Waals surface area contributed by atoms with Crippen LogP contribution in [0.3, 0.4) is 0 Å². The average molecular weight is 458 g/mol. The van der Waals surface area contributed by atoms with Crippen molar-refractivity contribution in [1.29, 1.82) is 0 Å². The Morgan fingerprint density at radius 3 is 2.09 bits per heavy atom. The number of hydrogen-bond acceptors (Lipinski definition) is 3. The molecule has 1 spiro atoms. The molecule has 0 bridgehead atoms. The molecular weight excluding hydrogens is 429 g/mol. The summed E-state index contributed by atoms with van der Waals surface area (Å²) in [6.45, 7) is 1.59. The number of piperidine rings is 1. The molecule has 5 rings (SSSR count). The Bertz CT molecular complexity index is 1140. The first kappa shape index (κ1) is 22.3. The van der Waals surface area contributed by atoms with Gasteiger partial charge in [0.15, 0.2) is 0 Å². The van der Waals surface area contributed by atoms with E-state index in [2.05, 4.69) is 5.32 Å². The third kappa shape index (κ3) is 4.46. The van der Waals surface area contributed by atoms with Crippen molar-refractivity contribution in [2.24, 2.45) is 0 Å². The van der Waals surface area contributed by atoms with Crippen LogP contribution in [0.4, 0.5) is 4.39 Å². The molecule has 1 atom stereocenters. The van der Waals surface area contributed by atoms with Crippen molar-refractivity contribution in [3.05, 3.63) is 107 Å². The molecule has 34 heavy (non-hydrogen) atoms. The molecule has 2 heterocycles. The smallest absolute Gasteiger partial charge is 0.253 e. The van der Waals surface area contributed by atoms with E-state index in [-0.39, 0.29) is 23.7 Å². The van der Waals surface area contributed by atoms with Gasteiger partial charge in [0.2, 0.25) is 5.91 Å². The number of carbonyl (C=O) groups excluding carboxylic acids is 2. The highest BCUT2D eigenvalue weighted by Crippen LogP contribution is 2.35. The molecule has 2 amide bonds. The Morgan fingerprint density at radius 2 is 1.47 bits per heavy atom. The molecule has 2 aliphatic heterocycles. The molecule has 2 aliphatic rings. The Morgan fingerprint density at radius 1 is 0.882 bits per heavy atom. The predicted molar refractivity (Wildman–Crippen MR) is 128 cm³/mol. The number of hydrogen-bond donors (Lipinski definition) is 1. The van der Waals surface area contributed by atoms with Crippen molar-refractivity contribution in [3.63, 3.8) is 0 Å². The van der Waals surface area contributed by atoms with Gasteiger partial charge >= 0.3 is 0 Å². The third-order valence-corrected chi connectivity index (χ3v) is 6.96. The normalized spacial score (nSPS) is 19.6. The highest BCUT2D eigenvalue weighted by atomic mass is 19.1. The van der Waals surface area contributed by atoms with E-state index >= 15 is 0 Å². The Hall–Kier alpha value is -3.51. The molecule has 1 unspecified atom stereocenters. The van der Waals surface area contributed by atoms with Gasteiger partial charge in [0.25, 0.3) is 5.91 Å². The topological polar surface area (TPSA) is 52.7 Å². The van der Waals surface area contributed by atoms with Crippen molar-refractivity contribution >= 4 is 11.8 Å². The molecule has 2 saturated heterocycles. The van der Waals surface area contributed by atoms with Gasteiger partial charge in [0, 0.05) is 38.0 Å². The zero-order valence-electron chi connectivity index (χ0n) is 19.0. The molecule has 0 saturated carbocycles. The van der Waals surface area contributed by atoms with Crippen LogP contribution in [0, 0.1) is 5.82 Å². The highest BCUT2D eigenvalue weighted by molar-refractivity contribution is 5.94. The number of likely N-dealkylation sites (tertiary alicyclic amines) is 1. The SMILES string of the molecule is O=C(c1ccc(F)cc1)N1CCC2(CC1)NC(Cc1ccccc1)C(=O)N2Cc1ccccc1.